The Hall–Kier alpha value is -2.91. The van der Waals surface area contributed by atoms with Gasteiger partial charge in [-0.25, -0.2) is 0 Å². The maximum atomic E-state index is 13.0. The van der Waals surface area contributed by atoms with Crippen molar-refractivity contribution in [2.75, 3.05) is 45.0 Å². The van der Waals surface area contributed by atoms with Gasteiger partial charge in [-0.3, -0.25) is 4.79 Å². The Bertz CT molecular complexity index is 918. The molecule has 0 aliphatic carbocycles. The number of hydrogen-bond donors (Lipinski definition) is 3. The lowest BCUT2D eigenvalue weighted by Gasteiger charge is -2.37. The lowest BCUT2D eigenvalue weighted by atomic mass is 9.81. The fraction of sp³-hybridized carbons (Fsp3) is 0.423. The number of aliphatic hydroxyl groups is 1. The van der Waals surface area contributed by atoms with Crippen molar-refractivity contribution in [3.63, 3.8) is 0 Å². The second-order valence-electron chi connectivity index (χ2n) is 7.78. The number of ether oxygens (including phenoxy) is 4. The van der Waals surface area contributed by atoms with Crippen molar-refractivity contribution in [3.8, 4) is 5.75 Å². The molecule has 8 heteroatoms. The molecule has 0 unspecified atom stereocenters. The minimum absolute atomic E-state index is 0.0136. The summed E-state index contributed by atoms with van der Waals surface area (Å²) < 4.78 is 22.9. The van der Waals surface area contributed by atoms with Gasteiger partial charge >= 0.3 is 0 Å². The maximum Gasteiger partial charge on any atom is 0.290 e. The van der Waals surface area contributed by atoms with Gasteiger partial charge in [-0.2, -0.15) is 0 Å². The van der Waals surface area contributed by atoms with Crippen LogP contribution in [0.15, 0.2) is 66.4 Å². The SMILES string of the molecule is CCO[C@H]1OC(C(=O)Nc2ccccc2O)=C[C@@H](c2ccccc2)[C@@H]1CCOCCOCCO. The molecule has 1 aliphatic heterocycles. The Morgan fingerprint density at radius 2 is 1.71 bits per heavy atom. The minimum Gasteiger partial charge on any atom is -0.506 e. The Labute approximate surface area is 200 Å². The number of para-hydroxylation sites is 2. The summed E-state index contributed by atoms with van der Waals surface area (Å²) >= 11 is 0. The summed E-state index contributed by atoms with van der Waals surface area (Å²) in [6.07, 6.45) is 1.82. The summed E-state index contributed by atoms with van der Waals surface area (Å²) in [5.41, 5.74) is 1.35. The third-order valence-corrected chi connectivity index (χ3v) is 5.48. The van der Waals surface area contributed by atoms with Crippen LogP contribution < -0.4 is 5.32 Å². The first kappa shape index (κ1) is 25.7. The zero-order chi connectivity index (χ0) is 24.2. The number of carbonyl (C=O) groups is 1. The third kappa shape index (κ3) is 7.30. The molecule has 3 N–H and O–H groups in total. The van der Waals surface area contributed by atoms with E-state index in [1.807, 2.05) is 43.3 Å². The van der Waals surface area contributed by atoms with E-state index < -0.39 is 12.2 Å². The van der Waals surface area contributed by atoms with Gasteiger partial charge in [0, 0.05) is 25.0 Å². The summed E-state index contributed by atoms with van der Waals surface area (Å²) in [4.78, 5) is 13.0. The van der Waals surface area contributed by atoms with Gasteiger partial charge in [0.25, 0.3) is 5.91 Å². The Morgan fingerprint density at radius 3 is 2.41 bits per heavy atom. The summed E-state index contributed by atoms with van der Waals surface area (Å²) in [5.74, 6) is -0.549. The first-order valence-corrected chi connectivity index (χ1v) is 11.5. The fourth-order valence-electron chi connectivity index (χ4n) is 3.86. The summed E-state index contributed by atoms with van der Waals surface area (Å²) in [6, 6.07) is 16.4. The van der Waals surface area contributed by atoms with Gasteiger partial charge in [0.15, 0.2) is 5.76 Å². The molecule has 2 aromatic rings. The monoisotopic (exact) mass is 471 g/mol. The smallest absolute Gasteiger partial charge is 0.290 e. The van der Waals surface area contributed by atoms with Crippen LogP contribution in [0, 0.1) is 5.92 Å². The molecule has 1 aliphatic rings. The van der Waals surface area contributed by atoms with Gasteiger partial charge < -0.3 is 34.5 Å². The van der Waals surface area contributed by atoms with Crippen LogP contribution in [0.3, 0.4) is 0 Å². The first-order valence-electron chi connectivity index (χ1n) is 11.5. The predicted molar refractivity (Wildman–Crippen MR) is 127 cm³/mol. The highest BCUT2D eigenvalue weighted by Gasteiger charge is 2.38. The molecule has 0 spiro atoms. The molecular formula is C26H33NO7. The zero-order valence-corrected chi connectivity index (χ0v) is 19.4. The van der Waals surface area contributed by atoms with Crippen molar-refractivity contribution in [1.82, 2.24) is 0 Å². The van der Waals surface area contributed by atoms with Crippen LogP contribution in [0.2, 0.25) is 0 Å². The van der Waals surface area contributed by atoms with Crippen LogP contribution in [0.25, 0.3) is 0 Å². The van der Waals surface area contributed by atoms with E-state index in [4.69, 9.17) is 24.1 Å². The second-order valence-corrected chi connectivity index (χ2v) is 7.78. The standard InChI is InChI=1S/C26H33NO7/c1-2-33-26-20(12-14-31-16-17-32-15-13-28)21(19-8-4-3-5-9-19)18-24(34-26)25(30)27-22-10-6-7-11-23(22)29/h3-11,18,20-21,26,28-29H,2,12-17H2,1H3,(H,27,30)/t20-,21-,26-/m0/s1. The fourth-order valence-corrected chi connectivity index (χ4v) is 3.86. The molecule has 1 heterocycles. The second kappa shape index (κ2) is 13.7. The molecule has 3 atom stereocenters. The van der Waals surface area contributed by atoms with E-state index in [1.54, 1.807) is 18.2 Å². The molecule has 184 valence electrons. The molecule has 0 saturated carbocycles. The summed E-state index contributed by atoms with van der Waals surface area (Å²) in [7, 11) is 0. The lowest BCUT2D eigenvalue weighted by molar-refractivity contribution is -0.166. The number of aliphatic hydroxyl groups excluding tert-OH is 1. The number of carbonyl (C=O) groups excluding carboxylic acids is 1. The van der Waals surface area contributed by atoms with Crippen molar-refractivity contribution in [2.24, 2.45) is 5.92 Å². The zero-order valence-electron chi connectivity index (χ0n) is 19.4. The van der Waals surface area contributed by atoms with Crippen molar-refractivity contribution >= 4 is 11.6 Å². The third-order valence-electron chi connectivity index (χ3n) is 5.48. The van der Waals surface area contributed by atoms with E-state index in [-0.39, 0.29) is 30.0 Å². The molecule has 0 radical (unpaired) electrons. The van der Waals surface area contributed by atoms with Gasteiger partial charge in [-0.15, -0.1) is 0 Å². The minimum atomic E-state index is -0.639. The van der Waals surface area contributed by atoms with E-state index in [0.717, 1.165) is 5.56 Å². The number of aromatic hydroxyl groups is 1. The average Bonchev–Trinajstić information content (AvgIpc) is 2.86. The number of phenols is 1. The number of amides is 1. The molecule has 3 rings (SSSR count). The Morgan fingerprint density at radius 1 is 1.00 bits per heavy atom. The van der Waals surface area contributed by atoms with Crippen LogP contribution in [0.5, 0.6) is 5.75 Å². The molecule has 0 fully saturated rings. The number of phenolic OH excluding ortho intramolecular Hbond substituents is 1. The van der Waals surface area contributed by atoms with Crippen molar-refractivity contribution in [2.45, 2.75) is 25.6 Å². The van der Waals surface area contributed by atoms with Crippen LogP contribution in [-0.4, -0.2) is 62.1 Å². The average molecular weight is 472 g/mol. The van der Waals surface area contributed by atoms with Crippen molar-refractivity contribution in [1.29, 1.82) is 0 Å². The van der Waals surface area contributed by atoms with Crippen molar-refractivity contribution < 1.29 is 34.0 Å². The molecule has 1 amide bonds. The number of anilines is 1. The lowest BCUT2D eigenvalue weighted by Crippen LogP contribution is -2.38. The number of nitrogens with one attached hydrogen (secondary N) is 1. The molecule has 0 aromatic heterocycles. The van der Waals surface area contributed by atoms with Crippen LogP contribution in [-0.2, 0) is 23.7 Å². The molecule has 8 nitrogen and oxygen atoms in total. The molecule has 34 heavy (non-hydrogen) atoms. The Balaban J connectivity index is 1.77. The topological polar surface area (TPSA) is 106 Å². The number of hydrogen-bond acceptors (Lipinski definition) is 7. The number of rotatable bonds is 13. The molecule has 0 bridgehead atoms. The first-order chi connectivity index (χ1) is 16.6. The summed E-state index contributed by atoms with van der Waals surface area (Å²) in [5, 5.41) is 21.5. The summed E-state index contributed by atoms with van der Waals surface area (Å²) in [6.45, 7) is 3.89. The molecule has 0 saturated heterocycles. The van der Waals surface area contributed by atoms with E-state index in [0.29, 0.717) is 45.1 Å². The maximum absolute atomic E-state index is 13.0. The van der Waals surface area contributed by atoms with Gasteiger partial charge in [0.05, 0.1) is 32.1 Å². The molecular weight excluding hydrogens is 438 g/mol. The largest absolute Gasteiger partial charge is 0.506 e. The Kier molecular flexibility index (Phi) is 10.4. The normalized spacial score (nSPS) is 19.8. The predicted octanol–water partition coefficient (Wildman–Crippen LogP) is 3.42. The van der Waals surface area contributed by atoms with E-state index >= 15 is 0 Å². The van der Waals surface area contributed by atoms with Crippen LogP contribution >= 0.6 is 0 Å². The van der Waals surface area contributed by atoms with Crippen LogP contribution in [0.4, 0.5) is 5.69 Å². The highest BCUT2D eigenvalue weighted by molar-refractivity contribution is 6.03. The van der Waals surface area contributed by atoms with Gasteiger partial charge in [-0.1, -0.05) is 42.5 Å². The highest BCUT2D eigenvalue weighted by Crippen LogP contribution is 2.39. The van der Waals surface area contributed by atoms with Crippen molar-refractivity contribution in [3.05, 3.63) is 72.0 Å². The quantitative estimate of drug-likeness (QED) is 0.304. The van der Waals surface area contributed by atoms with E-state index in [2.05, 4.69) is 5.32 Å². The van der Waals surface area contributed by atoms with Gasteiger partial charge in [0.1, 0.15) is 5.75 Å². The molecule has 2 aromatic carbocycles. The van der Waals surface area contributed by atoms with Gasteiger partial charge in [0.2, 0.25) is 6.29 Å². The number of benzene rings is 2. The van der Waals surface area contributed by atoms with E-state index in [1.165, 1.54) is 6.07 Å². The van der Waals surface area contributed by atoms with E-state index in [9.17, 15) is 9.90 Å². The van der Waals surface area contributed by atoms with Gasteiger partial charge in [-0.05, 0) is 37.1 Å². The number of allylic oxidation sites excluding steroid dienone is 1. The van der Waals surface area contributed by atoms with Crippen LogP contribution in [0.1, 0.15) is 24.8 Å². The highest BCUT2D eigenvalue weighted by atomic mass is 16.7.